The number of hydrogen-bond acceptors (Lipinski definition) is 5. The Balaban J connectivity index is 2.11. The zero-order valence-corrected chi connectivity index (χ0v) is 15.5. The SMILES string of the molecule is C=CCn1c(SCCC(C)=O)nc2scc(-c3ccccc3)c2c1=O. The van der Waals surface area contributed by atoms with Crippen LogP contribution < -0.4 is 5.56 Å². The zero-order valence-electron chi connectivity index (χ0n) is 13.9. The Bertz CT molecular complexity index is 974. The Morgan fingerprint density at radius 2 is 2.12 bits per heavy atom. The minimum Gasteiger partial charge on any atom is -0.300 e. The fourth-order valence-electron chi connectivity index (χ4n) is 2.52. The number of hydrogen-bond donors (Lipinski definition) is 0. The van der Waals surface area contributed by atoms with Gasteiger partial charge in [0.05, 0.1) is 5.39 Å². The fourth-order valence-corrected chi connectivity index (χ4v) is 4.56. The van der Waals surface area contributed by atoms with Crippen LogP contribution in [0.4, 0.5) is 0 Å². The quantitative estimate of drug-likeness (QED) is 0.352. The number of carbonyl (C=O) groups is 1. The average Bonchev–Trinajstić information content (AvgIpc) is 3.03. The summed E-state index contributed by atoms with van der Waals surface area (Å²) in [6.07, 6.45) is 2.16. The van der Waals surface area contributed by atoms with Crippen molar-refractivity contribution in [1.29, 1.82) is 0 Å². The van der Waals surface area contributed by atoms with Gasteiger partial charge in [0.15, 0.2) is 5.16 Å². The lowest BCUT2D eigenvalue weighted by atomic mass is 10.1. The van der Waals surface area contributed by atoms with E-state index in [0.29, 0.717) is 29.3 Å². The molecular formula is C19H18N2O2S2. The molecule has 0 unspecified atom stereocenters. The molecule has 6 heteroatoms. The number of thioether (sulfide) groups is 1. The number of allylic oxidation sites excluding steroid dienone is 1. The maximum Gasteiger partial charge on any atom is 0.263 e. The molecule has 3 rings (SSSR count). The van der Waals surface area contributed by atoms with Crippen LogP contribution in [0.5, 0.6) is 0 Å². The number of Topliss-reactive ketones (excluding diaryl/α,β-unsaturated/α-hetero) is 1. The van der Waals surface area contributed by atoms with Gasteiger partial charge in [-0.3, -0.25) is 14.2 Å². The molecule has 0 fully saturated rings. The first-order valence-electron chi connectivity index (χ1n) is 7.92. The highest BCUT2D eigenvalue weighted by atomic mass is 32.2. The Hall–Kier alpha value is -2.18. The number of thiophene rings is 1. The van der Waals surface area contributed by atoms with Crippen molar-refractivity contribution < 1.29 is 4.79 Å². The Morgan fingerprint density at radius 3 is 2.80 bits per heavy atom. The molecule has 25 heavy (non-hydrogen) atoms. The highest BCUT2D eigenvalue weighted by molar-refractivity contribution is 7.99. The van der Waals surface area contributed by atoms with E-state index in [1.54, 1.807) is 17.6 Å². The molecule has 0 amide bonds. The van der Waals surface area contributed by atoms with Crippen molar-refractivity contribution in [3.8, 4) is 11.1 Å². The highest BCUT2D eigenvalue weighted by Gasteiger charge is 2.16. The highest BCUT2D eigenvalue weighted by Crippen LogP contribution is 2.32. The molecule has 0 aliphatic rings. The molecule has 0 saturated heterocycles. The molecule has 128 valence electrons. The van der Waals surface area contributed by atoms with E-state index < -0.39 is 0 Å². The molecule has 0 N–H and O–H groups in total. The fraction of sp³-hybridized carbons (Fsp3) is 0.211. The van der Waals surface area contributed by atoms with Gasteiger partial charge in [0.1, 0.15) is 10.6 Å². The smallest absolute Gasteiger partial charge is 0.263 e. The summed E-state index contributed by atoms with van der Waals surface area (Å²) in [6.45, 7) is 5.71. The van der Waals surface area contributed by atoms with Crippen molar-refractivity contribution in [2.24, 2.45) is 0 Å². The molecule has 0 aliphatic heterocycles. The summed E-state index contributed by atoms with van der Waals surface area (Å²) in [6, 6.07) is 9.86. The van der Waals surface area contributed by atoms with Crippen molar-refractivity contribution in [3.63, 3.8) is 0 Å². The van der Waals surface area contributed by atoms with Gasteiger partial charge in [-0.15, -0.1) is 17.9 Å². The van der Waals surface area contributed by atoms with Gasteiger partial charge in [0, 0.05) is 29.7 Å². The van der Waals surface area contributed by atoms with E-state index in [9.17, 15) is 9.59 Å². The van der Waals surface area contributed by atoms with E-state index in [1.807, 2.05) is 35.7 Å². The number of ketones is 1. The van der Waals surface area contributed by atoms with Crippen LogP contribution in [0, 0.1) is 0 Å². The van der Waals surface area contributed by atoms with Crippen molar-refractivity contribution in [1.82, 2.24) is 9.55 Å². The lowest BCUT2D eigenvalue weighted by Gasteiger charge is -2.10. The topological polar surface area (TPSA) is 52.0 Å². The van der Waals surface area contributed by atoms with E-state index in [1.165, 1.54) is 23.1 Å². The second kappa shape index (κ2) is 7.80. The van der Waals surface area contributed by atoms with Gasteiger partial charge in [-0.2, -0.15) is 0 Å². The van der Waals surface area contributed by atoms with E-state index >= 15 is 0 Å². The molecule has 0 bridgehead atoms. The molecular weight excluding hydrogens is 352 g/mol. The average molecular weight is 370 g/mol. The van der Waals surface area contributed by atoms with Gasteiger partial charge in [-0.25, -0.2) is 4.98 Å². The third kappa shape index (κ3) is 3.75. The molecule has 3 aromatic rings. The summed E-state index contributed by atoms with van der Waals surface area (Å²) < 4.78 is 1.64. The van der Waals surface area contributed by atoms with Gasteiger partial charge in [0.2, 0.25) is 0 Å². The van der Waals surface area contributed by atoms with Crippen molar-refractivity contribution in [2.45, 2.75) is 25.0 Å². The summed E-state index contributed by atoms with van der Waals surface area (Å²) in [7, 11) is 0. The molecule has 0 saturated carbocycles. The van der Waals surface area contributed by atoms with E-state index in [0.717, 1.165) is 16.0 Å². The Morgan fingerprint density at radius 1 is 1.36 bits per heavy atom. The Labute approximate surface area is 154 Å². The lowest BCUT2D eigenvalue weighted by molar-refractivity contribution is -0.116. The third-order valence-corrected chi connectivity index (χ3v) is 5.59. The summed E-state index contributed by atoms with van der Waals surface area (Å²) in [5.41, 5.74) is 1.86. The van der Waals surface area contributed by atoms with Gasteiger partial charge in [-0.1, -0.05) is 48.2 Å². The first-order chi connectivity index (χ1) is 12.1. The van der Waals surface area contributed by atoms with Crippen LogP contribution in [0.15, 0.2) is 58.3 Å². The second-order valence-corrected chi connectivity index (χ2v) is 7.52. The van der Waals surface area contributed by atoms with Crippen molar-refractivity contribution in [2.75, 3.05) is 5.75 Å². The minimum atomic E-state index is -0.0599. The van der Waals surface area contributed by atoms with Gasteiger partial charge < -0.3 is 0 Å². The summed E-state index contributed by atoms with van der Waals surface area (Å²) in [4.78, 5) is 29.7. The maximum atomic E-state index is 13.1. The van der Waals surface area contributed by atoms with Gasteiger partial charge in [-0.05, 0) is 12.5 Å². The van der Waals surface area contributed by atoms with E-state index in [2.05, 4.69) is 11.6 Å². The zero-order chi connectivity index (χ0) is 17.8. The number of aromatic nitrogens is 2. The lowest BCUT2D eigenvalue weighted by Crippen LogP contribution is -2.22. The van der Waals surface area contributed by atoms with Crippen LogP contribution in [0.25, 0.3) is 21.3 Å². The minimum absolute atomic E-state index is 0.0599. The number of carbonyl (C=O) groups excluding carboxylic acids is 1. The maximum absolute atomic E-state index is 13.1. The van der Waals surface area contributed by atoms with Crippen LogP contribution >= 0.6 is 23.1 Å². The molecule has 0 aliphatic carbocycles. The summed E-state index contributed by atoms with van der Waals surface area (Å²) >= 11 is 2.91. The van der Waals surface area contributed by atoms with Crippen molar-refractivity contribution >= 4 is 39.1 Å². The first-order valence-corrected chi connectivity index (χ1v) is 9.79. The first kappa shape index (κ1) is 17.6. The third-order valence-electron chi connectivity index (χ3n) is 3.74. The van der Waals surface area contributed by atoms with Gasteiger partial charge >= 0.3 is 0 Å². The second-order valence-electron chi connectivity index (χ2n) is 5.59. The predicted molar refractivity (Wildman–Crippen MR) is 106 cm³/mol. The molecule has 2 heterocycles. The molecule has 1 aromatic carbocycles. The summed E-state index contributed by atoms with van der Waals surface area (Å²) in [5.74, 6) is 0.745. The van der Waals surface area contributed by atoms with Crippen LogP contribution in [0.3, 0.4) is 0 Å². The van der Waals surface area contributed by atoms with Crippen LogP contribution in [-0.4, -0.2) is 21.1 Å². The number of fused-ring (bicyclic) bond motifs is 1. The normalized spacial score (nSPS) is 10.9. The predicted octanol–water partition coefficient (Wildman–Crippen LogP) is 4.38. The monoisotopic (exact) mass is 370 g/mol. The molecule has 0 radical (unpaired) electrons. The summed E-state index contributed by atoms with van der Waals surface area (Å²) in [5, 5.41) is 3.27. The molecule has 2 aromatic heterocycles. The van der Waals surface area contributed by atoms with Crippen LogP contribution in [0.1, 0.15) is 13.3 Å². The van der Waals surface area contributed by atoms with Gasteiger partial charge in [0.25, 0.3) is 5.56 Å². The molecule has 4 nitrogen and oxygen atoms in total. The van der Waals surface area contributed by atoms with E-state index in [4.69, 9.17) is 0 Å². The molecule has 0 atom stereocenters. The number of benzene rings is 1. The van der Waals surface area contributed by atoms with Crippen LogP contribution in [-0.2, 0) is 11.3 Å². The standard InChI is InChI=1S/C19H18N2O2S2/c1-3-10-21-18(23)16-15(14-7-5-4-6-8-14)12-25-17(16)20-19(21)24-11-9-13(2)22/h3-8,12H,1,9-11H2,2H3. The Kier molecular flexibility index (Phi) is 5.50. The van der Waals surface area contributed by atoms with E-state index in [-0.39, 0.29) is 11.3 Å². The number of rotatable bonds is 7. The molecule has 0 spiro atoms. The van der Waals surface area contributed by atoms with Crippen molar-refractivity contribution in [3.05, 3.63) is 58.7 Å². The number of nitrogens with zero attached hydrogens (tertiary/aromatic N) is 2. The largest absolute Gasteiger partial charge is 0.300 e. The van der Waals surface area contributed by atoms with Crippen LogP contribution in [0.2, 0.25) is 0 Å².